The molecular formula is C14H18N2S. The zero-order valence-electron chi connectivity index (χ0n) is 10.0. The summed E-state index contributed by atoms with van der Waals surface area (Å²) in [5.74, 6) is 6.74. The Bertz CT molecular complexity index is 484. The summed E-state index contributed by atoms with van der Waals surface area (Å²) in [6.07, 6.45) is 3.17. The van der Waals surface area contributed by atoms with Gasteiger partial charge in [0.2, 0.25) is 0 Å². The smallest absolute Gasteiger partial charge is 0.0468 e. The van der Waals surface area contributed by atoms with Crippen molar-refractivity contribution in [3.63, 3.8) is 0 Å². The average Bonchev–Trinajstić information content (AvgIpc) is 2.39. The fraction of sp³-hybridized carbons (Fsp3) is 0.286. The molecule has 17 heavy (non-hydrogen) atoms. The molecule has 0 aliphatic heterocycles. The zero-order chi connectivity index (χ0) is 12.1. The third-order valence-electron chi connectivity index (χ3n) is 2.99. The van der Waals surface area contributed by atoms with Gasteiger partial charge in [0, 0.05) is 6.04 Å². The molecule has 2 rings (SSSR count). The Labute approximate surface area is 107 Å². The van der Waals surface area contributed by atoms with Gasteiger partial charge in [-0.05, 0) is 40.8 Å². The Balaban J connectivity index is 2.27. The standard InChI is InChI=1S/C14H18N2S/c1-17-9-8-14(16-15)13-7-6-11-4-2-3-5-12(11)10-13/h2-7,10,14,16H,8-9,15H2,1H3. The molecule has 0 bridgehead atoms. The minimum Gasteiger partial charge on any atom is -0.271 e. The molecule has 2 nitrogen and oxygen atoms in total. The predicted molar refractivity (Wildman–Crippen MR) is 77.0 cm³/mol. The molecule has 1 atom stereocenters. The van der Waals surface area contributed by atoms with Gasteiger partial charge >= 0.3 is 0 Å². The lowest BCUT2D eigenvalue weighted by Crippen LogP contribution is -2.28. The highest BCUT2D eigenvalue weighted by molar-refractivity contribution is 7.98. The lowest BCUT2D eigenvalue weighted by atomic mass is 10.0. The van der Waals surface area contributed by atoms with Crippen molar-refractivity contribution in [2.75, 3.05) is 12.0 Å². The number of hydrogen-bond donors (Lipinski definition) is 2. The molecule has 90 valence electrons. The van der Waals surface area contributed by atoms with Gasteiger partial charge in [0.05, 0.1) is 0 Å². The van der Waals surface area contributed by atoms with Crippen molar-refractivity contribution in [2.45, 2.75) is 12.5 Å². The largest absolute Gasteiger partial charge is 0.271 e. The van der Waals surface area contributed by atoms with Gasteiger partial charge < -0.3 is 0 Å². The fourth-order valence-corrected chi connectivity index (χ4v) is 2.48. The van der Waals surface area contributed by atoms with Crippen LogP contribution in [0.25, 0.3) is 10.8 Å². The second kappa shape index (κ2) is 6.05. The number of nitrogens with two attached hydrogens (primary N) is 1. The summed E-state index contributed by atoms with van der Waals surface area (Å²) in [5, 5.41) is 2.55. The number of hydrogen-bond acceptors (Lipinski definition) is 3. The van der Waals surface area contributed by atoms with E-state index in [0.717, 1.165) is 12.2 Å². The molecule has 0 amide bonds. The first-order valence-corrected chi connectivity index (χ1v) is 7.18. The quantitative estimate of drug-likeness (QED) is 0.629. The van der Waals surface area contributed by atoms with Gasteiger partial charge in [0.15, 0.2) is 0 Å². The molecule has 2 aromatic rings. The zero-order valence-corrected chi connectivity index (χ0v) is 10.8. The molecule has 0 radical (unpaired) electrons. The minimum absolute atomic E-state index is 0.243. The van der Waals surface area contributed by atoms with E-state index in [1.54, 1.807) is 0 Å². The number of rotatable bonds is 5. The molecular weight excluding hydrogens is 228 g/mol. The summed E-state index contributed by atoms with van der Waals surface area (Å²) in [6, 6.07) is 15.2. The topological polar surface area (TPSA) is 38.0 Å². The first-order valence-electron chi connectivity index (χ1n) is 5.79. The summed E-state index contributed by atoms with van der Waals surface area (Å²) >= 11 is 1.85. The van der Waals surface area contributed by atoms with E-state index in [1.165, 1.54) is 16.3 Å². The maximum atomic E-state index is 5.63. The van der Waals surface area contributed by atoms with Gasteiger partial charge in [-0.25, -0.2) is 0 Å². The van der Waals surface area contributed by atoms with Gasteiger partial charge in [-0.3, -0.25) is 11.3 Å². The van der Waals surface area contributed by atoms with E-state index in [-0.39, 0.29) is 6.04 Å². The maximum absolute atomic E-state index is 5.63. The summed E-state index contributed by atoms with van der Waals surface area (Å²) in [5.41, 5.74) is 4.17. The maximum Gasteiger partial charge on any atom is 0.0468 e. The number of thioether (sulfide) groups is 1. The molecule has 1 unspecified atom stereocenters. The van der Waals surface area contributed by atoms with Crippen molar-refractivity contribution in [2.24, 2.45) is 5.84 Å². The highest BCUT2D eigenvalue weighted by Crippen LogP contribution is 2.22. The van der Waals surface area contributed by atoms with Gasteiger partial charge in [0.1, 0.15) is 0 Å². The lowest BCUT2D eigenvalue weighted by Gasteiger charge is -2.16. The lowest BCUT2D eigenvalue weighted by molar-refractivity contribution is 0.543. The van der Waals surface area contributed by atoms with E-state index >= 15 is 0 Å². The summed E-state index contributed by atoms with van der Waals surface area (Å²) in [6.45, 7) is 0. The van der Waals surface area contributed by atoms with Crippen LogP contribution in [-0.4, -0.2) is 12.0 Å². The van der Waals surface area contributed by atoms with Crippen molar-refractivity contribution >= 4 is 22.5 Å². The van der Waals surface area contributed by atoms with Crippen LogP contribution >= 0.6 is 11.8 Å². The van der Waals surface area contributed by atoms with Crippen molar-refractivity contribution in [3.8, 4) is 0 Å². The van der Waals surface area contributed by atoms with Gasteiger partial charge in [-0.15, -0.1) is 0 Å². The van der Waals surface area contributed by atoms with E-state index < -0.39 is 0 Å². The van der Waals surface area contributed by atoms with Crippen LogP contribution in [0, 0.1) is 0 Å². The number of nitrogens with one attached hydrogen (secondary N) is 1. The van der Waals surface area contributed by atoms with Crippen molar-refractivity contribution in [1.29, 1.82) is 0 Å². The third-order valence-corrected chi connectivity index (χ3v) is 3.63. The van der Waals surface area contributed by atoms with Crippen LogP contribution in [0.15, 0.2) is 42.5 Å². The first-order chi connectivity index (χ1) is 8.35. The molecule has 0 saturated heterocycles. The van der Waals surface area contributed by atoms with Crippen LogP contribution in [0.3, 0.4) is 0 Å². The molecule has 0 aliphatic carbocycles. The molecule has 0 spiro atoms. The van der Waals surface area contributed by atoms with Crippen LogP contribution in [0.2, 0.25) is 0 Å². The molecule has 0 fully saturated rings. The Morgan fingerprint density at radius 2 is 1.94 bits per heavy atom. The molecule has 2 aromatic carbocycles. The Morgan fingerprint density at radius 3 is 2.65 bits per heavy atom. The van der Waals surface area contributed by atoms with Crippen molar-refractivity contribution in [1.82, 2.24) is 5.43 Å². The van der Waals surface area contributed by atoms with E-state index in [0.29, 0.717) is 0 Å². The monoisotopic (exact) mass is 246 g/mol. The van der Waals surface area contributed by atoms with E-state index in [4.69, 9.17) is 5.84 Å². The molecule has 0 heterocycles. The number of benzene rings is 2. The second-order valence-electron chi connectivity index (χ2n) is 4.11. The SMILES string of the molecule is CSCCC(NN)c1ccc2ccccc2c1. The molecule has 0 aliphatic rings. The number of hydrazine groups is 1. The van der Waals surface area contributed by atoms with E-state index in [1.807, 2.05) is 11.8 Å². The van der Waals surface area contributed by atoms with Gasteiger partial charge in [-0.2, -0.15) is 11.8 Å². The summed E-state index contributed by atoms with van der Waals surface area (Å²) in [4.78, 5) is 0. The molecule has 0 aromatic heterocycles. The van der Waals surface area contributed by atoms with Crippen LogP contribution < -0.4 is 11.3 Å². The first kappa shape index (κ1) is 12.4. The molecule has 0 saturated carbocycles. The van der Waals surface area contributed by atoms with Crippen LogP contribution in [0.4, 0.5) is 0 Å². The van der Waals surface area contributed by atoms with E-state index in [2.05, 4.69) is 54.1 Å². The average molecular weight is 246 g/mol. The second-order valence-corrected chi connectivity index (χ2v) is 5.09. The third kappa shape index (κ3) is 3.00. The summed E-state index contributed by atoms with van der Waals surface area (Å²) < 4.78 is 0. The highest BCUT2D eigenvalue weighted by atomic mass is 32.2. The van der Waals surface area contributed by atoms with Crippen molar-refractivity contribution < 1.29 is 0 Å². The Morgan fingerprint density at radius 1 is 1.18 bits per heavy atom. The van der Waals surface area contributed by atoms with Crippen LogP contribution in [0.1, 0.15) is 18.0 Å². The normalized spacial score (nSPS) is 12.8. The van der Waals surface area contributed by atoms with Gasteiger partial charge in [0.25, 0.3) is 0 Å². The highest BCUT2D eigenvalue weighted by Gasteiger charge is 2.09. The van der Waals surface area contributed by atoms with E-state index in [9.17, 15) is 0 Å². The Kier molecular flexibility index (Phi) is 4.42. The molecule has 3 N–H and O–H groups in total. The minimum atomic E-state index is 0.243. The molecule has 3 heteroatoms. The van der Waals surface area contributed by atoms with Crippen molar-refractivity contribution in [3.05, 3.63) is 48.0 Å². The van der Waals surface area contributed by atoms with Crippen LogP contribution in [0.5, 0.6) is 0 Å². The van der Waals surface area contributed by atoms with Gasteiger partial charge in [-0.1, -0.05) is 36.4 Å². The summed E-state index contributed by atoms with van der Waals surface area (Å²) in [7, 11) is 0. The number of fused-ring (bicyclic) bond motifs is 1. The fourth-order valence-electron chi connectivity index (χ4n) is 2.01. The Hall–Kier alpha value is -1.03. The predicted octanol–water partition coefficient (Wildman–Crippen LogP) is 3.10. The van der Waals surface area contributed by atoms with Crippen LogP contribution in [-0.2, 0) is 0 Å².